The lowest BCUT2D eigenvalue weighted by Gasteiger charge is -2.13. The number of hydrogen-bond donors (Lipinski definition) is 2. The molecule has 0 radical (unpaired) electrons. The summed E-state index contributed by atoms with van der Waals surface area (Å²) in [7, 11) is 1.56. The zero-order valence-electron chi connectivity index (χ0n) is 11.0. The van der Waals surface area contributed by atoms with Gasteiger partial charge in [0.05, 0.1) is 12.7 Å². The van der Waals surface area contributed by atoms with E-state index in [-0.39, 0.29) is 12.5 Å². The van der Waals surface area contributed by atoms with Crippen molar-refractivity contribution < 1.29 is 9.84 Å². The quantitative estimate of drug-likeness (QED) is 0.787. The van der Waals surface area contributed by atoms with Gasteiger partial charge in [0.25, 0.3) is 0 Å². The first-order valence-electron chi connectivity index (χ1n) is 6.36. The molecule has 0 amide bonds. The van der Waals surface area contributed by atoms with Gasteiger partial charge in [-0.15, -0.1) is 0 Å². The Morgan fingerprint density at radius 2 is 2.32 bits per heavy atom. The van der Waals surface area contributed by atoms with E-state index in [2.05, 4.69) is 17.5 Å². The average molecular weight is 258 g/mol. The van der Waals surface area contributed by atoms with Gasteiger partial charge in [0.15, 0.2) is 0 Å². The van der Waals surface area contributed by atoms with Crippen molar-refractivity contribution in [3.8, 4) is 11.8 Å². The Balaban J connectivity index is 1.94. The molecule has 1 aromatic carbocycles. The molecule has 1 aliphatic rings. The van der Waals surface area contributed by atoms with Crippen LogP contribution in [0.15, 0.2) is 30.4 Å². The van der Waals surface area contributed by atoms with Gasteiger partial charge < -0.3 is 15.2 Å². The van der Waals surface area contributed by atoms with E-state index in [4.69, 9.17) is 15.1 Å². The molecule has 0 heterocycles. The number of aliphatic hydroxyl groups excluding tert-OH is 1. The summed E-state index contributed by atoms with van der Waals surface area (Å²) < 4.78 is 5.12. The maximum absolute atomic E-state index is 9.07. The maximum Gasteiger partial charge on any atom is 0.136 e. The molecular formula is C15H18N2O2. The zero-order valence-corrected chi connectivity index (χ0v) is 11.0. The van der Waals surface area contributed by atoms with Gasteiger partial charge in [0.2, 0.25) is 0 Å². The van der Waals surface area contributed by atoms with E-state index in [1.165, 1.54) is 0 Å². The molecule has 0 unspecified atom stereocenters. The van der Waals surface area contributed by atoms with Crippen LogP contribution in [0.3, 0.4) is 0 Å². The minimum absolute atomic E-state index is 0.204. The Bertz CT molecular complexity index is 505. The lowest BCUT2D eigenvalue weighted by Crippen LogP contribution is -2.26. The number of ether oxygens (including phenoxy) is 1. The third-order valence-electron chi connectivity index (χ3n) is 3.36. The van der Waals surface area contributed by atoms with Crippen molar-refractivity contribution in [3.63, 3.8) is 0 Å². The predicted octanol–water partition coefficient (Wildman–Crippen LogP) is 1.59. The maximum atomic E-state index is 9.07. The van der Waals surface area contributed by atoms with Crippen LogP contribution in [0.2, 0.25) is 0 Å². The van der Waals surface area contributed by atoms with Crippen molar-refractivity contribution in [2.75, 3.05) is 13.7 Å². The highest BCUT2D eigenvalue weighted by atomic mass is 16.5. The summed E-state index contributed by atoms with van der Waals surface area (Å²) in [6.07, 6.45) is 5.07. The van der Waals surface area contributed by atoms with Crippen molar-refractivity contribution in [1.82, 2.24) is 5.32 Å². The number of nitriles is 1. The van der Waals surface area contributed by atoms with Crippen molar-refractivity contribution in [2.24, 2.45) is 5.92 Å². The second-order valence-corrected chi connectivity index (χ2v) is 4.70. The Labute approximate surface area is 113 Å². The predicted molar refractivity (Wildman–Crippen MR) is 72.7 cm³/mol. The minimum atomic E-state index is 0.204. The smallest absolute Gasteiger partial charge is 0.136 e. The van der Waals surface area contributed by atoms with Crippen LogP contribution in [0, 0.1) is 17.2 Å². The molecule has 0 fully saturated rings. The lowest BCUT2D eigenvalue weighted by molar-refractivity contribution is 0.246. The summed E-state index contributed by atoms with van der Waals surface area (Å²) in [6.45, 7) is 0.904. The standard InChI is InChI=1S/C15H18N2O2/c1-19-15-5-3-11(6-13(15)8-16)9-17-14-4-2-12(7-14)10-18/h2-6,12,14,17-18H,7,9-10H2,1H3/t12-,14+/m0/s1. The van der Waals surface area contributed by atoms with Gasteiger partial charge in [-0.25, -0.2) is 0 Å². The van der Waals surface area contributed by atoms with Gasteiger partial charge in [0.1, 0.15) is 11.8 Å². The number of benzene rings is 1. The molecule has 0 aromatic heterocycles. The molecular weight excluding hydrogens is 240 g/mol. The van der Waals surface area contributed by atoms with Crippen molar-refractivity contribution in [2.45, 2.75) is 19.0 Å². The first kappa shape index (κ1) is 13.6. The van der Waals surface area contributed by atoms with Gasteiger partial charge in [-0.1, -0.05) is 18.2 Å². The lowest BCUT2D eigenvalue weighted by atomic mass is 10.1. The van der Waals surface area contributed by atoms with E-state index in [0.29, 0.717) is 23.9 Å². The summed E-state index contributed by atoms with van der Waals surface area (Å²) in [5.74, 6) is 0.871. The minimum Gasteiger partial charge on any atom is -0.495 e. The van der Waals surface area contributed by atoms with Crippen LogP contribution < -0.4 is 10.1 Å². The first-order chi connectivity index (χ1) is 9.26. The summed E-state index contributed by atoms with van der Waals surface area (Å²) >= 11 is 0. The molecule has 0 saturated heterocycles. The normalized spacial score (nSPS) is 21.3. The summed E-state index contributed by atoms with van der Waals surface area (Å²) in [5, 5.41) is 21.5. The van der Waals surface area contributed by atoms with Gasteiger partial charge in [0, 0.05) is 25.1 Å². The van der Waals surface area contributed by atoms with Crippen LogP contribution in [0.1, 0.15) is 17.5 Å². The van der Waals surface area contributed by atoms with Crippen molar-refractivity contribution in [1.29, 1.82) is 5.26 Å². The number of methoxy groups -OCH3 is 1. The van der Waals surface area contributed by atoms with Crippen LogP contribution in [-0.2, 0) is 6.54 Å². The summed E-state index contributed by atoms with van der Waals surface area (Å²) in [5.41, 5.74) is 1.61. The fraction of sp³-hybridized carbons (Fsp3) is 0.400. The molecule has 2 rings (SSSR count). The fourth-order valence-electron chi connectivity index (χ4n) is 2.26. The van der Waals surface area contributed by atoms with Crippen molar-refractivity contribution >= 4 is 0 Å². The van der Waals surface area contributed by atoms with Crippen LogP contribution in [0.5, 0.6) is 5.75 Å². The van der Waals surface area contributed by atoms with Gasteiger partial charge in [-0.3, -0.25) is 0 Å². The van der Waals surface area contributed by atoms with E-state index in [0.717, 1.165) is 12.0 Å². The molecule has 19 heavy (non-hydrogen) atoms. The highest BCUT2D eigenvalue weighted by Gasteiger charge is 2.17. The SMILES string of the molecule is COc1ccc(CN[C@@H]2C=C[C@H](CO)C2)cc1C#N. The van der Waals surface area contributed by atoms with Crippen LogP contribution in [0.25, 0.3) is 0 Å². The van der Waals surface area contributed by atoms with E-state index >= 15 is 0 Å². The molecule has 4 nitrogen and oxygen atoms in total. The number of hydrogen-bond acceptors (Lipinski definition) is 4. The second-order valence-electron chi connectivity index (χ2n) is 4.70. The Hall–Kier alpha value is -1.83. The van der Waals surface area contributed by atoms with E-state index in [1.807, 2.05) is 24.3 Å². The van der Waals surface area contributed by atoms with Crippen LogP contribution >= 0.6 is 0 Å². The molecule has 0 saturated carbocycles. The largest absolute Gasteiger partial charge is 0.495 e. The molecule has 1 aliphatic carbocycles. The highest BCUT2D eigenvalue weighted by molar-refractivity contribution is 5.45. The summed E-state index contributed by atoms with van der Waals surface area (Å²) in [4.78, 5) is 0. The Kier molecular flexibility index (Phi) is 4.56. The Morgan fingerprint density at radius 3 is 2.95 bits per heavy atom. The molecule has 1 aromatic rings. The van der Waals surface area contributed by atoms with Crippen LogP contribution in [0.4, 0.5) is 0 Å². The van der Waals surface area contributed by atoms with E-state index in [1.54, 1.807) is 7.11 Å². The van der Waals surface area contributed by atoms with E-state index in [9.17, 15) is 0 Å². The van der Waals surface area contributed by atoms with Crippen molar-refractivity contribution in [3.05, 3.63) is 41.5 Å². The first-order valence-corrected chi connectivity index (χ1v) is 6.36. The third-order valence-corrected chi connectivity index (χ3v) is 3.36. The molecule has 0 spiro atoms. The van der Waals surface area contributed by atoms with Gasteiger partial charge in [-0.05, 0) is 24.1 Å². The molecule has 2 N–H and O–H groups in total. The fourth-order valence-corrected chi connectivity index (χ4v) is 2.26. The average Bonchev–Trinajstić information content (AvgIpc) is 2.92. The number of nitrogens with zero attached hydrogens (tertiary/aromatic N) is 1. The van der Waals surface area contributed by atoms with Gasteiger partial charge >= 0.3 is 0 Å². The highest BCUT2D eigenvalue weighted by Crippen LogP contribution is 2.20. The molecule has 100 valence electrons. The van der Waals surface area contributed by atoms with E-state index < -0.39 is 0 Å². The monoisotopic (exact) mass is 258 g/mol. The second kappa shape index (κ2) is 6.37. The Morgan fingerprint density at radius 1 is 1.47 bits per heavy atom. The van der Waals surface area contributed by atoms with Gasteiger partial charge in [-0.2, -0.15) is 5.26 Å². The topological polar surface area (TPSA) is 65.3 Å². The molecule has 0 bridgehead atoms. The number of rotatable bonds is 5. The third kappa shape index (κ3) is 3.34. The zero-order chi connectivity index (χ0) is 13.7. The van der Waals surface area contributed by atoms with Crippen LogP contribution in [-0.4, -0.2) is 24.9 Å². The molecule has 2 atom stereocenters. The number of aliphatic hydroxyl groups is 1. The summed E-state index contributed by atoms with van der Waals surface area (Å²) in [6, 6.07) is 8.04. The molecule has 4 heteroatoms. The molecule has 0 aliphatic heterocycles. The number of nitrogens with one attached hydrogen (secondary N) is 1.